The fraction of sp³-hybridized carbons (Fsp3) is 0.633. The molecule has 2 rings (SSSR count). The van der Waals surface area contributed by atoms with Gasteiger partial charge >= 0.3 is 0 Å². The number of nitrogens with one attached hydrogen (secondary N) is 3. The van der Waals surface area contributed by atoms with Crippen molar-refractivity contribution in [3.8, 4) is 0 Å². The number of ketones is 1. The van der Waals surface area contributed by atoms with E-state index in [0.29, 0.717) is 13.0 Å². The van der Waals surface area contributed by atoms with Crippen LogP contribution in [0.25, 0.3) is 6.08 Å². The second-order valence-corrected chi connectivity index (χ2v) is 13.7. The zero-order valence-corrected chi connectivity index (χ0v) is 26.4. The zero-order valence-electron chi connectivity index (χ0n) is 25.6. The van der Waals surface area contributed by atoms with E-state index in [1.807, 2.05) is 58.0 Å². The van der Waals surface area contributed by atoms with Gasteiger partial charge in [-0.15, -0.1) is 0 Å². The number of rotatable bonds is 16. The number of amides is 2. The van der Waals surface area contributed by atoms with Crippen LogP contribution in [0.15, 0.2) is 36.4 Å². The number of nitrogens with two attached hydrogens (primary N) is 1. The Kier molecular flexibility index (Phi) is 13.8. The molecule has 0 bridgehead atoms. The summed E-state index contributed by atoms with van der Waals surface area (Å²) in [5.41, 5.74) is 3.80. The number of carbonyl (C=O) groups excluding carboxylic acids is 3. The summed E-state index contributed by atoms with van der Waals surface area (Å²) in [6, 6.07) is 8.01. The summed E-state index contributed by atoms with van der Waals surface area (Å²) in [5, 5.41) is 0. The van der Waals surface area contributed by atoms with Gasteiger partial charge in [-0.3, -0.25) is 19.8 Å². The summed E-state index contributed by atoms with van der Waals surface area (Å²) in [6.45, 7) is 9.52. The molecule has 236 valence electrons. The molecule has 1 aromatic carbocycles. The number of hydrogen-bond acceptors (Lipinski definition) is 8. The van der Waals surface area contributed by atoms with Gasteiger partial charge in [-0.25, -0.2) is 29.3 Å². The van der Waals surface area contributed by atoms with Crippen LogP contribution in [0.2, 0.25) is 0 Å². The van der Waals surface area contributed by atoms with Gasteiger partial charge in [-0.1, -0.05) is 70.2 Å². The van der Waals surface area contributed by atoms with E-state index in [1.165, 1.54) is 6.92 Å². The smallest absolute Gasteiger partial charge is 0.248 e. The average molecular weight is 609 g/mol. The highest BCUT2D eigenvalue weighted by Crippen LogP contribution is 2.45. The first-order valence-corrected chi connectivity index (χ1v) is 16.4. The molecule has 5 N–H and O–H groups in total. The lowest BCUT2D eigenvalue weighted by Gasteiger charge is -2.42. The van der Waals surface area contributed by atoms with Crippen molar-refractivity contribution in [2.75, 3.05) is 12.9 Å². The zero-order chi connectivity index (χ0) is 31.5. The quantitative estimate of drug-likeness (QED) is 0.126. The minimum Gasteiger partial charge on any atom is -0.350 e. The van der Waals surface area contributed by atoms with E-state index in [0.717, 1.165) is 24.7 Å². The molecule has 1 fully saturated rings. The number of carbonyl (C=O) groups is 3. The molecule has 0 spiro atoms. The number of sulfonamides is 1. The van der Waals surface area contributed by atoms with E-state index in [-0.39, 0.29) is 24.7 Å². The van der Waals surface area contributed by atoms with E-state index in [1.54, 1.807) is 12.2 Å². The molecule has 42 heavy (non-hydrogen) atoms. The summed E-state index contributed by atoms with van der Waals surface area (Å²) in [4.78, 5) is 47.9. The summed E-state index contributed by atoms with van der Waals surface area (Å²) >= 11 is 0. The number of hydrogen-bond donors (Lipinski definition) is 4. The summed E-state index contributed by atoms with van der Waals surface area (Å²) < 4.78 is 32.4. The Labute approximate surface area is 250 Å². The summed E-state index contributed by atoms with van der Waals surface area (Å²) in [7, 11) is -3.79. The van der Waals surface area contributed by atoms with Crippen molar-refractivity contribution in [3.63, 3.8) is 0 Å². The Morgan fingerprint density at radius 2 is 1.74 bits per heavy atom. The van der Waals surface area contributed by atoms with Crippen LogP contribution in [0, 0.1) is 29.1 Å². The first-order valence-electron chi connectivity index (χ1n) is 14.5. The van der Waals surface area contributed by atoms with E-state index in [2.05, 4.69) is 15.6 Å². The molecule has 1 aromatic rings. The van der Waals surface area contributed by atoms with Crippen LogP contribution >= 0.6 is 0 Å². The van der Waals surface area contributed by atoms with E-state index >= 15 is 0 Å². The molecule has 5 atom stereocenters. The standard InChI is InChI=1S/C30H48N4O7S/c1-20(2)18-24(28(36)32-31)26(29(37)33-41-25-14-10-11-17-40-25)30(19-21(3)4,16-15-23-12-8-7-9-13-23)27(35)22(5)34-42(6,38)39/h7-9,12-13,15-16,20-22,24-26,34H,10-11,14,17-19,31H2,1-6H3,(H,32,36)(H,33,37)/b16-15+/t22-,24-,25?,26-,30?/m1/s1. The lowest BCUT2D eigenvalue weighted by Crippen LogP contribution is -2.57. The third-order valence-corrected chi connectivity index (χ3v) is 8.02. The molecule has 0 aliphatic carbocycles. The molecule has 2 amide bonds. The molecule has 11 nitrogen and oxygen atoms in total. The Hall–Kier alpha value is -2.64. The normalized spacial score (nSPS) is 19.7. The largest absolute Gasteiger partial charge is 0.350 e. The van der Waals surface area contributed by atoms with Gasteiger partial charge in [0.25, 0.3) is 0 Å². The molecule has 2 unspecified atom stereocenters. The maximum atomic E-state index is 14.6. The van der Waals surface area contributed by atoms with Gasteiger partial charge in [0, 0.05) is 13.0 Å². The average Bonchev–Trinajstić information content (AvgIpc) is 2.93. The number of hydrazine groups is 1. The Balaban J connectivity index is 2.81. The summed E-state index contributed by atoms with van der Waals surface area (Å²) in [5.74, 6) is 1.20. The molecule has 1 heterocycles. The maximum Gasteiger partial charge on any atom is 0.248 e. The number of hydroxylamine groups is 1. The Morgan fingerprint density at radius 1 is 1.07 bits per heavy atom. The van der Waals surface area contributed by atoms with Crippen LogP contribution in [-0.2, 0) is 34.0 Å². The van der Waals surface area contributed by atoms with Gasteiger partial charge in [0.15, 0.2) is 12.1 Å². The minimum atomic E-state index is -3.79. The van der Waals surface area contributed by atoms with Crippen molar-refractivity contribution < 1.29 is 32.4 Å². The molecule has 0 aromatic heterocycles. The first kappa shape index (κ1) is 35.6. The summed E-state index contributed by atoms with van der Waals surface area (Å²) in [6.07, 6.45) is 6.34. The SMILES string of the molecule is CC(C)C[C@@H](C(=O)NN)[C@H](C(=O)NOC1CCCCO1)C(/C=C/c1ccccc1)(CC(C)C)C(=O)[C@@H](C)NS(C)(=O)=O. The Morgan fingerprint density at radius 3 is 2.26 bits per heavy atom. The van der Waals surface area contributed by atoms with E-state index in [9.17, 15) is 22.8 Å². The molecule has 1 saturated heterocycles. The fourth-order valence-electron chi connectivity index (χ4n) is 5.67. The second kappa shape index (κ2) is 16.3. The highest BCUT2D eigenvalue weighted by Gasteiger charge is 2.54. The van der Waals surface area contributed by atoms with Gasteiger partial charge in [0.2, 0.25) is 21.8 Å². The number of allylic oxidation sites excluding steroid dienone is 1. The molecule has 1 aliphatic rings. The first-order chi connectivity index (χ1) is 19.7. The number of Topliss-reactive ketones (excluding diaryl/α,β-unsaturated/α-hetero) is 1. The van der Waals surface area contributed by atoms with Crippen molar-refractivity contribution in [2.24, 2.45) is 34.9 Å². The van der Waals surface area contributed by atoms with Gasteiger partial charge < -0.3 is 4.74 Å². The highest BCUT2D eigenvalue weighted by molar-refractivity contribution is 7.88. The van der Waals surface area contributed by atoms with Crippen LogP contribution in [-0.4, -0.2) is 51.2 Å². The van der Waals surface area contributed by atoms with Crippen LogP contribution in [0.4, 0.5) is 0 Å². The molecule has 0 radical (unpaired) electrons. The predicted molar refractivity (Wildman–Crippen MR) is 161 cm³/mol. The van der Waals surface area contributed by atoms with Gasteiger partial charge in [-0.2, -0.15) is 0 Å². The van der Waals surface area contributed by atoms with Crippen molar-refractivity contribution in [1.82, 2.24) is 15.6 Å². The van der Waals surface area contributed by atoms with Crippen molar-refractivity contribution >= 4 is 33.7 Å². The van der Waals surface area contributed by atoms with Crippen molar-refractivity contribution in [3.05, 3.63) is 42.0 Å². The molecular weight excluding hydrogens is 560 g/mol. The fourth-order valence-corrected chi connectivity index (χ4v) is 6.42. The third-order valence-electron chi connectivity index (χ3n) is 7.23. The lowest BCUT2D eigenvalue weighted by molar-refractivity contribution is -0.204. The highest BCUT2D eigenvalue weighted by atomic mass is 32.2. The van der Waals surface area contributed by atoms with Crippen LogP contribution < -0.4 is 21.5 Å². The molecular formula is C30H48N4O7S. The topological polar surface area (TPSA) is 166 Å². The predicted octanol–water partition coefficient (Wildman–Crippen LogP) is 3.08. The van der Waals surface area contributed by atoms with E-state index < -0.39 is 57.2 Å². The maximum absolute atomic E-state index is 14.6. The Bertz CT molecular complexity index is 1170. The molecule has 0 saturated carbocycles. The number of ether oxygens (including phenoxy) is 1. The van der Waals surface area contributed by atoms with Crippen LogP contribution in [0.3, 0.4) is 0 Å². The monoisotopic (exact) mass is 608 g/mol. The van der Waals surface area contributed by atoms with Crippen LogP contribution in [0.5, 0.6) is 0 Å². The van der Waals surface area contributed by atoms with Gasteiger partial charge in [0.05, 0.1) is 29.5 Å². The molecule has 1 aliphatic heterocycles. The third kappa shape index (κ3) is 10.6. The number of benzene rings is 1. The van der Waals surface area contributed by atoms with Crippen molar-refractivity contribution in [1.29, 1.82) is 0 Å². The van der Waals surface area contributed by atoms with Crippen molar-refractivity contribution in [2.45, 2.75) is 79.1 Å². The minimum absolute atomic E-state index is 0.0540. The molecule has 12 heteroatoms. The van der Waals surface area contributed by atoms with Crippen LogP contribution in [0.1, 0.15) is 72.3 Å². The second-order valence-electron chi connectivity index (χ2n) is 12.0. The van der Waals surface area contributed by atoms with Gasteiger partial charge in [0.1, 0.15) is 0 Å². The van der Waals surface area contributed by atoms with Gasteiger partial charge in [-0.05, 0) is 50.0 Å². The lowest BCUT2D eigenvalue weighted by atomic mass is 9.60. The van der Waals surface area contributed by atoms with E-state index in [4.69, 9.17) is 15.4 Å².